The zero-order valence-corrected chi connectivity index (χ0v) is 17.2. The largest absolute Gasteiger partial charge is 0.471 e. The molecule has 0 saturated heterocycles. The molecule has 0 aliphatic heterocycles. The Kier molecular flexibility index (Phi) is 6.80. The van der Waals surface area contributed by atoms with Crippen molar-refractivity contribution in [3.63, 3.8) is 0 Å². The first-order valence-electron chi connectivity index (χ1n) is 9.69. The number of carbonyl (C=O) groups excluding carboxylic acids is 2. The third kappa shape index (κ3) is 5.00. The molecule has 1 aliphatic rings. The van der Waals surface area contributed by atoms with E-state index < -0.39 is 29.8 Å². The fraction of sp³-hybridized carbons (Fsp3) is 0.429. The van der Waals surface area contributed by atoms with E-state index in [-0.39, 0.29) is 11.7 Å². The van der Waals surface area contributed by atoms with Gasteiger partial charge in [0.1, 0.15) is 5.82 Å². The Bertz CT molecular complexity index is 889. The summed E-state index contributed by atoms with van der Waals surface area (Å²) in [5.74, 6) is -3.51. The van der Waals surface area contributed by atoms with Crippen molar-refractivity contribution in [3.05, 3.63) is 52.0 Å². The maximum absolute atomic E-state index is 13.5. The zero-order valence-electron chi connectivity index (χ0n) is 16.3. The fourth-order valence-electron chi connectivity index (χ4n) is 3.67. The second-order valence-electron chi connectivity index (χ2n) is 7.36. The molecule has 1 aromatic heterocycles. The molecule has 1 atom stereocenters. The smallest absolute Gasteiger partial charge is 0.351 e. The molecule has 0 spiro atoms. The highest BCUT2D eigenvalue weighted by Gasteiger charge is 2.48. The van der Waals surface area contributed by atoms with Crippen molar-refractivity contribution in [2.24, 2.45) is 0 Å². The molecular formula is C21H22F4N2O2S. The summed E-state index contributed by atoms with van der Waals surface area (Å²) in [5.41, 5.74) is 0.404. The van der Waals surface area contributed by atoms with Crippen LogP contribution in [0.1, 0.15) is 48.6 Å². The Morgan fingerprint density at radius 1 is 1.10 bits per heavy atom. The molecule has 162 valence electrons. The first-order chi connectivity index (χ1) is 14.2. The van der Waals surface area contributed by atoms with Gasteiger partial charge in [-0.3, -0.25) is 14.5 Å². The van der Waals surface area contributed by atoms with Gasteiger partial charge in [0, 0.05) is 16.6 Å². The van der Waals surface area contributed by atoms with E-state index in [1.165, 1.54) is 0 Å². The minimum Gasteiger partial charge on any atom is -0.351 e. The molecule has 30 heavy (non-hydrogen) atoms. The van der Waals surface area contributed by atoms with Gasteiger partial charge in [-0.05, 0) is 61.0 Å². The summed E-state index contributed by atoms with van der Waals surface area (Å²) in [7, 11) is 0. The van der Waals surface area contributed by atoms with Crippen molar-refractivity contribution >= 4 is 28.8 Å². The van der Waals surface area contributed by atoms with E-state index in [9.17, 15) is 27.2 Å². The number of amides is 2. The molecule has 1 aromatic carbocycles. The molecule has 4 nitrogen and oxygen atoms in total. The SMILES string of the molecule is Cc1ccsc1[C@@H](C(=O)NC1CCCCC1)N(C(=O)C(F)(F)F)c1ccc(F)cc1. The first-order valence-corrected chi connectivity index (χ1v) is 10.6. The Balaban J connectivity index is 2.06. The average Bonchev–Trinajstić information content (AvgIpc) is 3.11. The normalized spacial score (nSPS) is 16.2. The summed E-state index contributed by atoms with van der Waals surface area (Å²) >= 11 is 1.11. The lowest BCUT2D eigenvalue weighted by molar-refractivity contribution is -0.171. The summed E-state index contributed by atoms with van der Waals surface area (Å²) in [5, 5.41) is 4.49. The van der Waals surface area contributed by atoms with E-state index in [1.54, 1.807) is 18.4 Å². The van der Waals surface area contributed by atoms with E-state index in [2.05, 4.69) is 5.32 Å². The molecule has 9 heteroatoms. The quantitative estimate of drug-likeness (QED) is 0.641. The van der Waals surface area contributed by atoms with Crippen LogP contribution in [0, 0.1) is 12.7 Å². The summed E-state index contributed by atoms with van der Waals surface area (Å²) in [6.07, 6.45) is -0.818. The van der Waals surface area contributed by atoms with E-state index >= 15 is 0 Å². The molecule has 1 aliphatic carbocycles. The van der Waals surface area contributed by atoms with E-state index in [0.717, 1.165) is 67.7 Å². The highest BCUT2D eigenvalue weighted by molar-refractivity contribution is 7.10. The highest BCUT2D eigenvalue weighted by atomic mass is 32.1. The van der Waals surface area contributed by atoms with Crippen molar-refractivity contribution in [2.75, 3.05) is 4.90 Å². The van der Waals surface area contributed by atoms with Crippen molar-refractivity contribution < 1.29 is 27.2 Å². The number of alkyl halides is 3. The van der Waals surface area contributed by atoms with Gasteiger partial charge >= 0.3 is 12.1 Å². The third-order valence-electron chi connectivity index (χ3n) is 5.17. The maximum atomic E-state index is 13.5. The third-order valence-corrected chi connectivity index (χ3v) is 6.25. The maximum Gasteiger partial charge on any atom is 0.471 e. The summed E-state index contributed by atoms with van der Waals surface area (Å²) in [6.45, 7) is 1.67. The lowest BCUT2D eigenvalue weighted by Crippen LogP contribution is -2.50. The average molecular weight is 442 g/mol. The van der Waals surface area contributed by atoms with Crippen molar-refractivity contribution in [1.82, 2.24) is 5.32 Å². The van der Waals surface area contributed by atoms with E-state index in [0.29, 0.717) is 15.3 Å². The van der Waals surface area contributed by atoms with Crippen molar-refractivity contribution in [1.29, 1.82) is 0 Å². The van der Waals surface area contributed by atoms with Gasteiger partial charge in [-0.1, -0.05) is 19.3 Å². The molecule has 1 fully saturated rings. The number of hydrogen-bond donors (Lipinski definition) is 1. The summed E-state index contributed by atoms with van der Waals surface area (Å²) < 4.78 is 53.9. The summed E-state index contributed by atoms with van der Waals surface area (Å²) in [6, 6.07) is 4.09. The Morgan fingerprint density at radius 3 is 2.27 bits per heavy atom. The van der Waals surface area contributed by atoms with Crippen LogP contribution in [-0.2, 0) is 9.59 Å². The molecule has 0 radical (unpaired) electrons. The van der Waals surface area contributed by atoms with Gasteiger partial charge in [0.2, 0.25) is 5.91 Å². The van der Waals surface area contributed by atoms with Crippen molar-refractivity contribution in [3.8, 4) is 0 Å². The predicted octanol–water partition coefficient (Wildman–Crippen LogP) is 5.28. The number of rotatable bonds is 5. The van der Waals surface area contributed by atoms with Crippen LogP contribution in [0.4, 0.5) is 23.2 Å². The number of aryl methyl sites for hydroxylation is 1. The molecular weight excluding hydrogens is 420 g/mol. The lowest BCUT2D eigenvalue weighted by Gasteiger charge is -2.33. The zero-order chi connectivity index (χ0) is 21.9. The second kappa shape index (κ2) is 9.16. The molecule has 0 unspecified atom stereocenters. The van der Waals surface area contributed by atoms with Gasteiger partial charge in [0.25, 0.3) is 0 Å². The number of benzene rings is 1. The van der Waals surface area contributed by atoms with Gasteiger partial charge < -0.3 is 5.32 Å². The monoisotopic (exact) mass is 442 g/mol. The highest BCUT2D eigenvalue weighted by Crippen LogP contribution is 2.36. The van der Waals surface area contributed by atoms with Gasteiger partial charge in [-0.2, -0.15) is 13.2 Å². The number of nitrogens with one attached hydrogen (secondary N) is 1. The fourth-order valence-corrected chi connectivity index (χ4v) is 4.68. The van der Waals surface area contributed by atoms with Crippen LogP contribution < -0.4 is 10.2 Å². The van der Waals surface area contributed by atoms with Gasteiger partial charge in [-0.15, -0.1) is 11.3 Å². The van der Waals surface area contributed by atoms with Gasteiger partial charge in [0.15, 0.2) is 6.04 Å². The van der Waals surface area contributed by atoms with Crippen LogP contribution in [0.3, 0.4) is 0 Å². The lowest BCUT2D eigenvalue weighted by atomic mass is 9.95. The van der Waals surface area contributed by atoms with Crippen LogP contribution in [0.25, 0.3) is 0 Å². The van der Waals surface area contributed by atoms with Gasteiger partial charge in [-0.25, -0.2) is 4.39 Å². The van der Waals surface area contributed by atoms with Crippen LogP contribution >= 0.6 is 11.3 Å². The number of carbonyl (C=O) groups is 2. The minimum atomic E-state index is -5.21. The van der Waals surface area contributed by atoms with E-state index in [1.807, 2.05) is 0 Å². The Morgan fingerprint density at radius 2 is 1.73 bits per heavy atom. The van der Waals surface area contributed by atoms with Crippen LogP contribution in [0.15, 0.2) is 35.7 Å². The number of anilines is 1. The topological polar surface area (TPSA) is 49.4 Å². The molecule has 1 saturated carbocycles. The second-order valence-corrected chi connectivity index (χ2v) is 8.31. The molecule has 0 bridgehead atoms. The number of halogens is 4. The number of thiophene rings is 1. The standard InChI is InChI=1S/C21H22F4N2O2S/c1-13-11-12-30-18(13)17(19(28)26-15-5-3-2-4-6-15)27(20(29)21(23,24)25)16-9-7-14(22)8-10-16/h7-12,15,17H,2-6H2,1H3,(H,26,28)/t17-/m0/s1. The van der Waals surface area contributed by atoms with Gasteiger partial charge in [0.05, 0.1) is 0 Å². The summed E-state index contributed by atoms with van der Waals surface area (Å²) in [4.78, 5) is 26.4. The number of hydrogen-bond acceptors (Lipinski definition) is 3. The van der Waals surface area contributed by atoms with Crippen LogP contribution in [0.5, 0.6) is 0 Å². The first kappa shape index (κ1) is 22.3. The molecule has 2 amide bonds. The van der Waals surface area contributed by atoms with Crippen LogP contribution in [0.2, 0.25) is 0 Å². The number of nitrogens with zero attached hydrogens (tertiary/aromatic N) is 1. The molecule has 1 N–H and O–H groups in total. The minimum absolute atomic E-state index is 0.148. The predicted molar refractivity (Wildman–Crippen MR) is 107 cm³/mol. The van der Waals surface area contributed by atoms with E-state index in [4.69, 9.17) is 0 Å². The molecule has 3 rings (SSSR count). The van der Waals surface area contributed by atoms with Crippen LogP contribution in [-0.4, -0.2) is 24.0 Å². The Hall–Kier alpha value is -2.42. The molecule has 1 heterocycles. The van der Waals surface area contributed by atoms with Crippen molar-refractivity contribution in [2.45, 2.75) is 57.3 Å². The Labute approximate surface area is 175 Å². The molecule has 2 aromatic rings.